The van der Waals surface area contributed by atoms with E-state index in [2.05, 4.69) is 5.32 Å². The monoisotopic (exact) mass is 316 g/mol. The van der Waals surface area contributed by atoms with Crippen LogP contribution in [-0.4, -0.2) is 25.2 Å². The van der Waals surface area contributed by atoms with Crippen LogP contribution in [0.1, 0.15) is 22.2 Å². The fourth-order valence-corrected chi connectivity index (χ4v) is 3.18. The smallest absolute Gasteiger partial charge is 0.411 e. The highest BCUT2D eigenvalue weighted by Crippen LogP contribution is 2.32. The van der Waals surface area contributed by atoms with Gasteiger partial charge in [0.05, 0.1) is 11.5 Å². The first-order valence-corrected chi connectivity index (χ1v) is 7.99. The number of thiophene rings is 1. The van der Waals surface area contributed by atoms with Crippen molar-refractivity contribution < 1.29 is 14.3 Å². The summed E-state index contributed by atoms with van der Waals surface area (Å²) in [7, 11) is 0. The molecule has 2 aromatic rings. The number of anilines is 2. The van der Waals surface area contributed by atoms with Crippen LogP contribution in [0.2, 0.25) is 0 Å². The quantitative estimate of drug-likeness (QED) is 0.942. The molecule has 0 spiro atoms. The molecule has 114 valence electrons. The van der Waals surface area contributed by atoms with Crippen molar-refractivity contribution in [1.82, 2.24) is 0 Å². The normalized spacial score (nSPS) is 12.9. The van der Waals surface area contributed by atoms with E-state index < -0.39 is 6.09 Å². The van der Waals surface area contributed by atoms with Crippen molar-refractivity contribution in [2.75, 3.05) is 23.4 Å². The van der Waals surface area contributed by atoms with Crippen LogP contribution in [0.5, 0.6) is 0 Å². The summed E-state index contributed by atoms with van der Waals surface area (Å²) in [5.74, 6) is 0.0276. The first kappa shape index (κ1) is 14.6. The number of amides is 2. The van der Waals surface area contributed by atoms with E-state index in [1.54, 1.807) is 17.9 Å². The highest BCUT2D eigenvalue weighted by Gasteiger charge is 2.26. The van der Waals surface area contributed by atoms with Gasteiger partial charge in [-0.2, -0.15) is 0 Å². The van der Waals surface area contributed by atoms with Gasteiger partial charge in [0, 0.05) is 17.9 Å². The molecule has 0 bridgehead atoms. The molecule has 1 aromatic heterocycles. The number of hydrogen-bond acceptors (Lipinski definition) is 4. The topological polar surface area (TPSA) is 58.6 Å². The first-order valence-electron chi connectivity index (χ1n) is 7.11. The molecule has 2 amide bonds. The van der Waals surface area contributed by atoms with Crippen LogP contribution in [-0.2, 0) is 11.2 Å². The summed E-state index contributed by atoms with van der Waals surface area (Å²) in [4.78, 5) is 26.4. The molecule has 1 N–H and O–H groups in total. The molecular formula is C16H16N2O3S. The third kappa shape index (κ3) is 2.82. The van der Waals surface area contributed by atoms with Crippen molar-refractivity contribution in [3.05, 3.63) is 46.2 Å². The molecule has 0 unspecified atom stereocenters. The van der Waals surface area contributed by atoms with E-state index in [1.165, 1.54) is 11.3 Å². The zero-order chi connectivity index (χ0) is 15.5. The van der Waals surface area contributed by atoms with Crippen LogP contribution < -0.4 is 10.2 Å². The summed E-state index contributed by atoms with van der Waals surface area (Å²) in [6, 6.07) is 9.27. The van der Waals surface area contributed by atoms with Crippen LogP contribution >= 0.6 is 11.3 Å². The second kappa shape index (κ2) is 6.19. The maximum absolute atomic E-state index is 12.5. The van der Waals surface area contributed by atoms with Gasteiger partial charge in [0.2, 0.25) is 0 Å². The Morgan fingerprint density at radius 3 is 2.95 bits per heavy atom. The predicted molar refractivity (Wildman–Crippen MR) is 86.8 cm³/mol. The number of carbonyl (C=O) groups is 2. The van der Waals surface area contributed by atoms with Gasteiger partial charge in [-0.05, 0) is 48.6 Å². The summed E-state index contributed by atoms with van der Waals surface area (Å²) < 4.78 is 4.86. The van der Waals surface area contributed by atoms with E-state index in [1.807, 2.05) is 29.6 Å². The number of nitrogens with zero attached hydrogens (tertiary/aromatic N) is 1. The third-order valence-corrected chi connectivity index (χ3v) is 4.33. The molecule has 1 aromatic carbocycles. The minimum atomic E-state index is -0.466. The molecule has 3 rings (SSSR count). The number of nitrogens with one attached hydrogen (secondary N) is 1. The zero-order valence-corrected chi connectivity index (χ0v) is 13.0. The number of fused-ring (bicyclic) bond motifs is 1. The summed E-state index contributed by atoms with van der Waals surface area (Å²) in [6.45, 7) is 2.76. The molecule has 1 aliphatic heterocycles. The lowest BCUT2D eigenvalue weighted by atomic mass is 10.1. The van der Waals surface area contributed by atoms with Crippen LogP contribution in [0, 0.1) is 0 Å². The Kier molecular flexibility index (Phi) is 4.11. The molecule has 0 aliphatic carbocycles. The minimum Gasteiger partial charge on any atom is -0.450 e. The Morgan fingerprint density at radius 1 is 1.36 bits per heavy atom. The predicted octanol–water partition coefficient (Wildman–Crippen LogP) is 3.52. The Balaban J connectivity index is 1.78. The van der Waals surface area contributed by atoms with Crippen molar-refractivity contribution in [2.45, 2.75) is 13.3 Å². The number of ether oxygens (including phenoxy) is 1. The van der Waals surface area contributed by atoms with Crippen molar-refractivity contribution in [3.63, 3.8) is 0 Å². The fourth-order valence-electron chi connectivity index (χ4n) is 2.51. The van der Waals surface area contributed by atoms with Crippen LogP contribution in [0.4, 0.5) is 16.2 Å². The second-order valence-electron chi connectivity index (χ2n) is 4.87. The number of hydrogen-bond donors (Lipinski definition) is 1. The maximum Gasteiger partial charge on any atom is 0.411 e. The van der Waals surface area contributed by atoms with Gasteiger partial charge in [-0.15, -0.1) is 11.3 Å². The Morgan fingerprint density at radius 2 is 2.23 bits per heavy atom. The molecule has 0 fully saturated rings. The molecule has 0 saturated heterocycles. The van der Waals surface area contributed by atoms with E-state index in [4.69, 9.17) is 4.74 Å². The second-order valence-corrected chi connectivity index (χ2v) is 5.82. The molecule has 5 nitrogen and oxygen atoms in total. The summed E-state index contributed by atoms with van der Waals surface area (Å²) in [6.07, 6.45) is 0.317. The highest BCUT2D eigenvalue weighted by atomic mass is 32.1. The van der Waals surface area contributed by atoms with Crippen molar-refractivity contribution in [1.29, 1.82) is 0 Å². The summed E-state index contributed by atoms with van der Waals surface area (Å²) in [5, 5.41) is 4.58. The molecule has 0 radical (unpaired) electrons. The van der Waals surface area contributed by atoms with Crippen molar-refractivity contribution >= 4 is 34.7 Å². The first-order chi connectivity index (χ1) is 10.7. The molecule has 2 heterocycles. The molecule has 0 atom stereocenters. The average molecular weight is 316 g/mol. The van der Waals surface area contributed by atoms with Crippen LogP contribution in [0.3, 0.4) is 0 Å². The molecule has 22 heavy (non-hydrogen) atoms. The van der Waals surface area contributed by atoms with Crippen LogP contribution in [0.15, 0.2) is 35.7 Å². The number of carbonyl (C=O) groups excluding carboxylic acids is 2. The third-order valence-electron chi connectivity index (χ3n) is 3.47. The molecular weight excluding hydrogens is 300 g/mol. The average Bonchev–Trinajstić information content (AvgIpc) is 3.16. The van der Waals surface area contributed by atoms with E-state index in [0.717, 1.165) is 22.5 Å². The maximum atomic E-state index is 12.5. The Hall–Kier alpha value is -2.34. The van der Waals surface area contributed by atoms with Gasteiger partial charge in [-0.25, -0.2) is 4.79 Å². The van der Waals surface area contributed by atoms with E-state index in [-0.39, 0.29) is 5.91 Å². The molecule has 0 saturated carbocycles. The van der Waals surface area contributed by atoms with Crippen LogP contribution in [0.25, 0.3) is 0 Å². The zero-order valence-electron chi connectivity index (χ0n) is 12.2. The van der Waals surface area contributed by atoms with Gasteiger partial charge in [0.25, 0.3) is 5.91 Å². The lowest BCUT2D eigenvalue weighted by Crippen LogP contribution is -2.28. The lowest BCUT2D eigenvalue weighted by Gasteiger charge is -2.16. The minimum absolute atomic E-state index is 0.0276. The van der Waals surface area contributed by atoms with Gasteiger partial charge in [0.15, 0.2) is 0 Å². The number of rotatable bonds is 3. The van der Waals surface area contributed by atoms with Crippen molar-refractivity contribution in [3.8, 4) is 0 Å². The highest BCUT2D eigenvalue weighted by molar-refractivity contribution is 7.12. The standard InChI is InChI=1S/C16H16N2O3S/c1-2-21-16(20)17-12-5-6-13-11(10-12)7-8-18(13)15(19)14-4-3-9-22-14/h3-6,9-10H,2,7-8H2,1H3,(H,17,20). The van der Waals surface area contributed by atoms with Gasteiger partial charge in [-0.1, -0.05) is 6.07 Å². The van der Waals surface area contributed by atoms with Gasteiger partial charge in [0.1, 0.15) is 0 Å². The summed E-state index contributed by atoms with van der Waals surface area (Å²) >= 11 is 1.44. The number of benzene rings is 1. The molecule has 6 heteroatoms. The lowest BCUT2D eigenvalue weighted by molar-refractivity contribution is 0.0993. The van der Waals surface area contributed by atoms with Gasteiger partial charge >= 0.3 is 6.09 Å². The Bertz CT molecular complexity index is 697. The summed E-state index contributed by atoms with van der Waals surface area (Å²) in [5.41, 5.74) is 2.65. The van der Waals surface area contributed by atoms with Gasteiger partial charge in [-0.3, -0.25) is 10.1 Å². The Labute approximate surface area is 132 Å². The van der Waals surface area contributed by atoms with E-state index in [9.17, 15) is 9.59 Å². The largest absolute Gasteiger partial charge is 0.450 e. The van der Waals surface area contributed by atoms with E-state index >= 15 is 0 Å². The molecule has 1 aliphatic rings. The van der Waals surface area contributed by atoms with E-state index in [0.29, 0.717) is 18.8 Å². The SMILES string of the molecule is CCOC(=O)Nc1ccc2c(c1)CCN2C(=O)c1cccs1. The van der Waals surface area contributed by atoms with Crippen molar-refractivity contribution in [2.24, 2.45) is 0 Å². The van der Waals surface area contributed by atoms with Gasteiger partial charge < -0.3 is 9.64 Å². The fraction of sp³-hybridized carbons (Fsp3) is 0.250.